The fraction of sp³-hybridized carbons (Fsp3) is 0.818. The van der Waals surface area contributed by atoms with Crippen molar-refractivity contribution in [1.82, 2.24) is 0 Å². The van der Waals surface area contributed by atoms with Crippen LogP contribution in [0.4, 0.5) is 0 Å². The zero-order valence-corrected chi connectivity index (χ0v) is 11.1. The van der Waals surface area contributed by atoms with Crippen LogP contribution in [0.3, 0.4) is 0 Å². The predicted octanol–water partition coefficient (Wildman–Crippen LogP) is 1.72. The first-order valence-corrected chi connectivity index (χ1v) is 5.84. The van der Waals surface area contributed by atoms with E-state index in [0.29, 0.717) is 17.3 Å². The summed E-state index contributed by atoms with van der Waals surface area (Å²) in [6.45, 7) is 1.86. The quantitative estimate of drug-likeness (QED) is 0.324. The monoisotopic (exact) mass is 250 g/mol. The number of aliphatic carboxylic acids is 1. The Hall–Kier alpha value is -0.610. The highest BCUT2D eigenvalue weighted by Crippen LogP contribution is 2.20. The van der Waals surface area contributed by atoms with Crippen molar-refractivity contribution in [3.63, 3.8) is 0 Å². The third kappa shape index (κ3) is 4.94. The van der Waals surface area contributed by atoms with E-state index in [0.717, 1.165) is 0 Å². The molecule has 0 radical (unpaired) electrons. The maximum Gasteiger partial charge on any atom is 0.314 e. The molecule has 0 bridgehead atoms. The van der Waals surface area contributed by atoms with Gasteiger partial charge < -0.3 is 9.59 Å². The minimum absolute atomic E-state index is 0.180. The van der Waals surface area contributed by atoms with Crippen molar-refractivity contribution in [3.05, 3.63) is 0 Å². The van der Waals surface area contributed by atoms with Crippen molar-refractivity contribution >= 4 is 23.4 Å². The predicted molar refractivity (Wildman–Crippen MR) is 63.3 cm³/mol. The molecule has 0 aliphatic carbocycles. The first-order chi connectivity index (χ1) is 7.20. The Labute approximate surface area is 102 Å². The molecule has 2 atom stereocenters. The minimum Gasteiger partial charge on any atom is -0.481 e. The molecule has 0 heterocycles. The van der Waals surface area contributed by atoms with Crippen LogP contribution in [0, 0.1) is 5.92 Å². The molecule has 0 spiro atoms. The van der Waals surface area contributed by atoms with Crippen molar-refractivity contribution in [1.29, 1.82) is 0 Å². The zero-order chi connectivity index (χ0) is 12.9. The molecule has 0 aromatic carbocycles. The molecule has 4 nitrogen and oxygen atoms in total. The van der Waals surface area contributed by atoms with E-state index in [1.54, 1.807) is 0 Å². The molecular weight excluding hydrogens is 230 g/mol. The number of halogens is 1. The molecule has 0 aliphatic rings. The third-order valence-electron chi connectivity index (χ3n) is 2.45. The summed E-state index contributed by atoms with van der Waals surface area (Å²) in [5.41, 5.74) is -0.373. The Morgan fingerprint density at radius 3 is 2.12 bits per heavy atom. The lowest BCUT2D eigenvalue weighted by molar-refractivity contribution is -0.883. The highest BCUT2D eigenvalue weighted by molar-refractivity contribution is 6.20. The van der Waals surface area contributed by atoms with Crippen molar-refractivity contribution in [2.45, 2.75) is 31.7 Å². The summed E-state index contributed by atoms with van der Waals surface area (Å²) in [4.78, 5) is 22.6. The van der Waals surface area contributed by atoms with Gasteiger partial charge in [-0.3, -0.25) is 9.59 Å². The van der Waals surface area contributed by atoms with E-state index in [1.807, 2.05) is 28.1 Å². The van der Waals surface area contributed by atoms with E-state index in [1.165, 1.54) is 0 Å². The van der Waals surface area contributed by atoms with Gasteiger partial charge in [0, 0.05) is 12.8 Å². The average Bonchev–Trinajstić information content (AvgIpc) is 2.11. The highest BCUT2D eigenvalue weighted by Gasteiger charge is 2.33. The standard InChI is InChI=1S/C11H20ClNO3/c1-5-6-9(14)8(11(15)16)7-10(12)13(2,3)4/h8,10H,5-7H2,1-4H3/p+1/t8-,10-/m1/s1. The number of carbonyl (C=O) groups excluding carboxylic acids is 1. The lowest BCUT2D eigenvalue weighted by atomic mass is 9.96. The molecule has 0 saturated heterocycles. The highest BCUT2D eigenvalue weighted by atomic mass is 35.5. The first-order valence-electron chi connectivity index (χ1n) is 5.40. The smallest absolute Gasteiger partial charge is 0.314 e. The Bertz CT molecular complexity index is 260. The molecule has 1 N–H and O–H groups in total. The van der Waals surface area contributed by atoms with E-state index < -0.39 is 11.9 Å². The number of quaternary nitrogens is 1. The van der Waals surface area contributed by atoms with Gasteiger partial charge in [-0.1, -0.05) is 18.5 Å². The maximum absolute atomic E-state index is 11.6. The number of nitrogens with zero attached hydrogens (tertiary/aromatic N) is 1. The molecule has 0 unspecified atom stereocenters. The van der Waals surface area contributed by atoms with Crippen LogP contribution in [0.2, 0.25) is 0 Å². The number of hydrogen-bond acceptors (Lipinski definition) is 2. The molecule has 94 valence electrons. The number of rotatable bonds is 7. The van der Waals surface area contributed by atoms with Gasteiger partial charge in [0.1, 0.15) is 11.7 Å². The Morgan fingerprint density at radius 1 is 1.31 bits per heavy atom. The number of carboxylic acids is 1. The van der Waals surface area contributed by atoms with Crippen LogP contribution < -0.4 is 0 Å². The molecule has 0 amide bonds. The van der Waals surface area contributed by atoms with Crippen LogP contribution in [0.5, 0.6) is 0 Å². The molecule has 0 aliphatic heterocycles. The van der Waals surface area contributed by atoms with E-state index >= 15 is 0 Å². The van der Waals surface area contributed by atoms with Gasteiger partial charge in [0.25, 0.3) is 0 Å². The van der Waals surface area contributed by atoms with Crippen molar-refractivity contribution in [2.75, 3.05) is 21.1 Å². The minimum atomic E-state index is -1.07. The van der Waals surface area contributed by atoms with Crippen LogP contribution in [0.25, 0.3) is 0 Å². The number of Topliss-reactive ketones (excluding diaryl/α,β-unsaturated/α-hetero) is 1. The second kappa shape index (κ2) is 6.21. The summed E-state index contributed by atoms with van der Waals surface area (Å²) in [5.74, 6) is -2.27. The van der Waals surface area contributed by atoms with Gasteiger partial charge in [0.2, 0.25) is 0 Å². The molecule has 0 rings (SSSR count). The van der Waals surface area contributed by atoms with Crippen LogP contribution in [0.15, 0.2) is 0 Å². The summed E-state index contributed by atoms with van der Waals surface area (Å²) >= 11 is 6.10. The molecule has 0 saturated carbocycles. The molecule has 0 aromatic heterocycles. The van der Waals surface area contributed by atoms with E-state index in [2.05, 4.69) is 0 Å². The first kappa shape index (κ1) is 15.4. The van der Waals surface area contributed by atoms with Crippen molar-refractivity contribution in [2.24, 2.45) is 5.92 Å². The Balaban J connectivity index is 4.58. The fourth-order valence-electron chi connectivity index (χ4n) is 1.30. The zero-order valence-electron chi connectivity index (χ0n) is 10.4. The van der Waals surface area contributed by atoms with Gasteiger partial charge in [-0.15, -0.1) is 0 Å². The molecule has 0 aromatic rings. The second-order valence-corrected chi connectivity index (χ2v) is 5.40. The summed E-state index contributed by atoms with van der Waals surface area (Å²) in [6, 6.07) is 0. The van der Waals surface area contributed by atoms with Crippen LogP contribution in [-0.4, -0.2) is 48.0 Å². The molecule has 0 fully saturated rings. The van der Waals surface area contributed by atoms with Crippen molar-refractivity contribution < 1.29 is 19.2 Å². The van der Waals surface area contributed by atoms with Crippen molar-refractivity contribution in [3.8, 4) is 0 Å². The fourth-order valence-corrected chi connectivity index (χ4v) is 1.48. The Kier molecular flexibility index (Phi) is 5.97. The molecular formula is C11H21ClNO3+. The number of carboxylic acid groups (broad SMARTS) is 1. The maximum atomic E-state index is 11.6. The lowest BCUT2D eigenvalue weighted by Gasteiger charge is -2.30. The number of hydrogen-bond donors (Lipinski definition) is 1. The number of ketones is 1. The van der Waals surface area contributed by atoms with Gasteiger partial charge >= 0.3 is 5.97 Å². The summed E-state index contributed by atoms with van der Waals surface area (Å²) in [6.07, 6.45) is 1.15. The third-order valence-corrected chi connectivity index (χ3v) is 3.22. The van der Waals surface area contributed by atoms with Gasteiger partial charge in [0.05, 0.1) is 21.1 Å². The average molecular weight is 251 g/mol. The SMILES string of the molecule is CCCC(=O)[C@@H](C[C@H](Cl)[N+](C)(C)C)C(=O)O. The van der Waals surface area contributed by atoms with Gasteiger partial charge in [-0.2, -0.15) is 0 Å². The Morgan fingerprint density at radius 2 is 1.81 bits per heavy atom. The topological polar surface area (TPSA) is 54.4 Å². The largest absolute Gasteiger partial charge is 0.481 e. The van der Waals surface area contributed by atoms with Gasteiger partial charge in [-0.25, -0.2) is 0 Å². The summed E-state index contributed by atoms with van der Waals surface area (Å²) in [7, 11) is 5.63. The van der Waals surface area contributed by atoms with E-state index in [9.17, 15) is 9.59 Å². The number of carbonyl (C=O) groups is 2. The molecule has 16 heavy (non-hydrogen) atoms. The summed E-state index contributed by atoms with van der Waals surface area (Å²) in [5, 5.41) is 9.00. The van der Waals surface area contributed by atoms with Gasteiger partial charge in [-0.05, 0) is 6.42 Å². The van der Waals surface area contributed by atoms with Crippen LogP contribution in [0.1, 0.15) is 26.2 Å². The van der Waals surface area contributed by atoms with Crippen LogP contribution in [-0.2, 0) is 9.59 Å². The van der Waals surface area contributed by atoms with E-state index in [4.69, 9.17) is 16.7 Å². The second-order valence-electron chi connectivity index (χ2n) is 4.89. The lowest BCUT2D eigenvalue weighted by Crippen LogP contribution is -2.44. The van der Waals surface area contributed by atoms with Gasteiger partial charge in [0.15, 0.2) is 5.50 Å². The molecule has 5 heteroatoms. The van der Waals surface area contributed by atoms with Crippen LogP contribution >= 0.6 is 11.6 Å². The van der Waals surface area contributed by atoms with E-state index in [-0.39, 0.29) is 17.7 Å². The normalized spacial score (nSPS) is 15.6. The number of alkyl halides is 1. The summed E-state index contributed by atoms with van der Waals surface area (Å²) < 4.78 is 0.435.